The first kappa shape index (κ1) is 16.7. The molecule has 21 heavy (non-hydrogen) atoms. The topological polar surface area (TPSA) is 29.5 Å². The lowest BCUT2D eigenvalue weighted by atomic mass is 9.98. The van der Waals surface area contributed by atoms with Crippen molar-refractivity contribution in [3.8, 4) is 0 Å². The molecule has 116 valence electrons. The molecule has 1 saturated heterocycles. The van der Waals surface area contributed by atoms with Crippen LogP contribution >= 0.6 is 15.9 Å². The van der Waals surface area contributed by atoms with E-state index in [1.807, 2.05) is 24.3 Å². The summed E-state index contributed by atoms with van der Waals surface area (Å²) in [5.74, 6) is 0.185. The summed E-state index contributed by atoms with van der Waals surface area (Å²) in [6.45, 7) is 10.9. The molecule has 0 amide bonds. The highest BCUT2D eigenvalue weighted by molar-refractivity contribution is 9.10. The van der Waals surface area contributed by atoms with E-state index in [2.05, 4.69) is 48.5 Å². The van der Waals surface area contributed by atoms with Crippen LogP contribution in [0.3, 0.4) is 0 Å². The van der Waals surface area contributed by atoms with Crippen molar-refractivity contribution < 1.29 is 9.53 Å². The van der Waals surface area contributed by atoms with Crippen LogP contribution in [0.25, 0.3) is 0 Å². The first-order chi connectivity index (χ1) is 9.69. The highest BCUT2D eigenvalue weighted by atomic mass is 79.9. The molecule has 0 bridgehead atoms. The summed E-state index contributed by atoms with van der Waals surface area (Å²) in [6, 6.07) is 7.61. The highest BCUT2D eigenvalue weighted by Gasteiger charge is 2.37. The van der Waals surface area contributed by atoms with E-state index in [9.17, 15) is 4.79 Å². The van der Waals surface area contributed by atoms with E-state index in [0.29, 0.717) is 6.42 Å². The molecule has 1 aliphatic heterocycles. The lowest BCUT2D eigenvalue weighted by Gasteiger charge is -2.47. The molecular formula is C17H24BrNO2. The van der Waals surface area contributed by atoms with E-state index < -0.39 is 0 Å². The van der Waals surface area contributed by atoms with Crippen molar-refractivity contribution in [2.75, 3.05) is 19.6 Å². The van der Waals surface area contributed by atoms with Gasteiger partial charge in [0, 0.05) is 36.1 Å². The first-order valence-electron chi connectivity index (χ1n) is 7.39. The SMILES string of the molecule is CC1(C)CN(CCC(=O)c2ccccc2Br)CC(C)(C)O1. The van der Waals surface area contributed by atoms with Crippen molar-refractivity contribution >= 4 is 21.7 Å². The van der Waals surface area contributed by atoms with Gasteiger partial charge in [-0.3, -0.25) is 9.69 Å². The Bertz CT molecular complexity index is 509. The predicted molar refractivity (Wildman–Crippen MR) is 88.8 cm³/mol. The van der Waals surface area contributed by atoms with Crippen LogP contribution in [0.15, 0.2) is 28.7 Å². The average Bonchev–Trinajstić information content (AvgIpc) is 2.33. The van der Waals surface area contributed by atoms with E-state index in [1.54, 1.807) is 0 Å². The van der Waals surface area contributed by atoms with Crippen LogP contribution in [0.2, 0.25) is 0 Å². The third-order valence-corrected chi connectivity index (χ3v) is 4.28. The smallest absolute Gasteiger partial charge is 0.165 e. The number of carbonyl (C=O) groups is 1. The Labute approximate surface area is 135 Å². The second-order valence-electron chi connectivity index (χ2n) is 6.99. The number of halogens is 1. The monoisotopic (exact) mass is 353 g/mol. The lowest BCUT2D eigenvalue weighted by Crippen LogP contribution is -2.57. The van der Waals surface area contributed by atoms with Gasteiger partial charge in [0.2, 0.25) is 0 Å². The molecule has 0 spiro atoms. The molecule has 3 nitrogen and oxygen atoms in total. The van der Waals surface area contributed by atoms with Crippen LogP contribution in [0.1, 0.15) is 44.5 Å². The van der Waals surface area contributed by atoms with Crippen LogP contribution in [0.5, 0.6) is 0 Å². The van der Waals surface area contributed by atoms with Gasteiger partial charge in [0.15, 0.2) is 5.78 Å². The normalized spacial score (nSPS) is 21.2. The van der Waals surface area contributed by atoms with Gasteiger partial charge < -0.3 is 4.74 Å². The molecule has 0 saturated carbocycles. The third-order valence-electron chi connectivity index (χ3n) is 3.59. The van der Waals surface area contributed by atoms with Crippen molar-refractivity contribution in [2.24, 2.45) is 0 Å². The fourth-order valence-electron chi connectivity index (χ4n) is 3.19. The van der Waals surface area contributed by atoms with Crippen molar-refractivity contribution in [1.82, 2.24) is 4.90 Å². The minimum atomic E-state index is -0.169. The van der Waals surface area contributed by atoms with Crippen LogP contribution in [-0.4, -0.2) is 41.5 Å². The number of morpholine rings is 1. The van der Waals surface area contributed by atoms with Gasteiger partial charge >= 0.3 is 0 Å². The van der Waals surface area contributed by atoms with E-state index in [0.717, 1.165) is 29.7 Å². The van der Waals surface area contributed by atoms with Gasteiger partial charge in [0.25, 0.3) is 0 Å². The second kappa shape index (κ2) is 6.19. The van der Waals surface area contributed by atoms with Gasteiger partial charge in [-0.2, -0.15) is 0 Å². The summed E-state index contributed by atoms with van der Waals surface area (Å²) >= 11 is 3.44. The summed E-state index contributed by atoms with van der Waals surface area (Å²) in [7, 11) is 0. The maximum atomic E-state index is 12.3. The molecule has 0 N–H and O–H groups in total. The van der Waals surface area contributed by atoms with Gasteiger partial charge in [0.1, 0.15) is 0 Å². The minimum Gasteiger partial charge on any atom is -0.367 e. The van der Waals surface area contributed by atoms with E-state index in [-0.39, 0.29) is 17.0 Å². The van der Waals surface area contributed by atoms with Gasteiger partial charge in [-0.15, -0.1) is 0 Å². The summed E-state index contributed by atoms with van der Waals surface area (Å²) in [5.41, 5.74) is 0.431. The van der Waals surface area contributed by atoms with Crippen molar-refractivity contribution in [3.63, 3.8) is 0 Å². The molecule has 0 atom stereocenters. The zero-order chi connectivity index (χ0) is 15.7. The summed E-state index contributed by atoms with van der Waals surface area (Å²) < 4.78 is 6.94. The van der Waals surface area contributed by atoms with Crippen LogP contribution < -0.4 is 0 Å². The molecular weight excluding hydrogens is 330 g/mol. The molecule has 4 heteroatoms. The maximum Gasteiger partial charge on any atom is 0.165 e. The number of carbonyl (C=O) groups excluding carboxylic acids is 1. The van der Waals surface area contributed by atoms with E-state index in [1.165, 1.54) is 0 Å². The lowest BCUT2D eigenvalue weighted by molar-refractivity contribution is -0.180. The van der Waals surface area contributed by atoms with Crippen molar-refractivity contribution in [2.45, 2.75) is 45.3 Å². The highest BCUT2D eigenvalue weighted by Crippen LogP contribution is 2.28. The minimum absolute atomic E-state index is 0.169. The van der Waals surface area contributed by atoms with Gasteiger partial charge in [-0.1, -0.05) is 34.1 Å². The zero-order valence-electron chi connectivity index (χ0n) is 13.3. The first-order valence-corrected chi connectivity index (χ1v) is 8.18. The Balaban J connectivity index is 1.97. The number of hydrogen-bond donors (Lipinski definition) is 0. The van der Waals surface area contributed by atoms with Crippen LogP contribution in [-0.2, 0) is 4.74 Å². The van der Waals surface area contributed by atoms with E-state index in [4.69, 9.17) is 4.74 Å². The van der Waals surface area contributed by atoms with Gasteiger partial charge in [0.05, 0.1) is 11.2 Å². The number of ether oxygens (including phenoxy) is 1. The molecule has 0 aliphatic carbocycles. The predicted octanol–water partition coefficient (Wildman–Crippen LogP) is 3.91. The Hall–Kier alpha value is -0.710. The molecule has 1 aromatic rings. The quantitative estimate of drug-likeness (QED) is 0.768. The van der Waals surface area contributed by atoms with Crippen LogP contribution in [0.4, 0.5) is 0 Å². The third kappa shape index (κ3) is 4.63. The molecule has 1 fully saturated rings. The number of ketones is 1. The Morgan fingerprint density at radius 1 is 1.19 bits per heavy atom. The molecule has 1 aliphatic rings. The molecule has 0 unspecified atom stereocenters. The van der Waals surface area contributed by atoms with Gasteiger partial charge in [-0.25, -0.2) is 0 Å². The van der Waals surface area contributed by atoms with E-state index >= 15 is 0 Å². The fraction of sp³-hybridized carbons (Fsp3) is 0.588. The average molecular weight is 354 g/mol. The molecule has 0 radical (unpaired) electrons. The zero-order valence-corrected chi connectivity index (χ0v) is 14.9. The van der Waals surface area contributed by atoms with Gasteiger partial charge in [-0.05, 0) is 33.8 Å². The summed E-state index contributed by atoms with van der Waals surface area (Å²) in [6.07, 6.45) is 0.536. The van der Waals surface area contributed by atoms with Crippen LogP contribution in [0, 0.1) is 0 Å². The Kier molecular flexibility index (Phi) is 4.91. The fourth-order valence-corrected chi connectivity index (χ4v) is 3.69. The maximum absolute atomic E-state index is 12.3. The molecule has 0 aromatic heterocycles. The number of benzene rings is 1. The number of rotatable bonds is 4. The van der Waals surface area contributed by atoms with Crippen molar-refractivity contribution in [1.29, 1.82) is 0 Å². The second-order valence-corrected chi connectivity index (χ2v) is 7.84. The Morgan fingerprint density at radius 2 is 1.76 bits per heavy atom. The number of hydrogen-bond acceptors (Lipinski definition) is 3. The largest absolute Gasteiger partial charge is 0.367 e. The van der Waals surface area contributed by atoms with Crippen molar-refractivity contribution in [3.05, 3.63) is 34.3 Å². The molecule has 1 aromatic carbocycles. The summed E-state index contributed by atoms with van der Waals surface area (Å²) in [4.78, 5) is 14.7. The molecule has 2 rings (SSSR count). The summed E-state index contributed by atoms with van der Waals surface area (Å²) in [5, 5.41) is 0. The standard InChI is InChI=1S/C17H24BrNO2/c1-16(2)11-19(12-17(3,4)21-16)10-9-15(20)13-7-5-6-8-14(13)18/h5-8H,9-12H2,1-4H3. The number of Topliss-reactive ketones (excluding diaryl/α,β-unsaturated/α-hetero) is 1. The molecule has 1 heterocycles. The number of nitrogens with zero attached hydrogens (tertiary/aromatic N) is 1. The Morgan fingerprint density at radius 3 is 2.33 bits per heavy atom.